The van der Waals surface area contributed by atoms with Gasteiger partial charge in [0.25, 0.3) is 0 Å². The van der Waals surface area contributed by atoms with Gasteiger partial charge in [-0.3, -0.25) is 4.90 Å². The molecule has 98 valence electrons. The van der Waals surface area contributed by atoms with Crippen molar-refractivity contribution in [1.29, 1.82) is 0 Å². The molecule has 1 aromatic heterocycles. The Balaban J connectivity index is 2.78. The van der Waals surface area contributed by atoms with Gasteiger partial charge in [-0.25, -0.2) is 9.78 Å². The van der Waals surface area contributed by atoms with E-state index < -0.39 is 18.8 Å². The Morgan fingerprint density at radius 2 is 2.00 bits per heavy atom. The van der Waals surface area contributed by atoms with Crippen molar-refractivity contribution in [3.63, 3.8) is 0 Å². The maximum absolute atomic E-state index is 11.7. The molecular weight excluding hydrogens is 235 g/mol. The van der Waals surface area contributed by atoms with Gasteiger partial charge in [0.15, 0.2) is 0 Å². The Morgan fingerprint density at radius 1 is 1.39 bits per heavy atom. The first kappa shape index (κ1) is 14.5. The molecule has 0 aliphatic rings. The summed E-state index contributed by atoms with van der Waals surface area (Å²) < 4.78 is 5.18. The molecule has 7 heteroatoms. The van der Waals surface area contributed by atoms with E-state index in [4.69, 9.17) is 14.8 Å². The van der Waals surface area contributed by atoms with Crippen LogP contribution >= 0.6 is 0 Å². The molecule has 0 atom stereocenters. The number of hydrogen-bond acceptors (Lipinski definition) is 5. The van der Waals surface area contributed by atoms with E-state index in [1.165, 1.54) is 30.3 Å². The molecule has 0 aliphatic carbocycles. The molecular formula is C11H17BN2O4. The zero-order chi connectivity index (χ0) is 13.9. The highest BCUT2D eigenvalue weighted by atomic mass is 16.6. The molecule has 0 bridgehead atoms. The third-order valence-electron chi connectivity index (χ3n) is 2.08. The Morgan fingerprint density at radius 3 is 2.39 bits per heavy atom. The summed E-state index contributed by atoms with van der Waals surface area (Å²) in [7, 11) is -0.0378. The van der Waals surface area contributed by atoms with Crippen LogP contribution in [-0.4, -0.2) is 40.9 Å². The Bertz CT molecular complexity index is 414. The second-order valence-corrected chi connectivity index (χ2v) is 4.86. The van der Waals surface area contributed by atoms with E-state index >= 15 is 0 Å². The van der Waals surface area contributed by atoms with E-state index in [1.807, 2.05) is 0 Å². The third kappa shape index (κ3) is 4.01. The van der Waals surface area contributed by atoms with E-state index in [0.717, 1.165) is 0 Å². The van der Waals surface area contributed by atoms with Crippen molar-refractivity contribution < 1.29 is 19.6 Å². The highest BCUT2D eigenvalue weighted by molar-refractivity contribution is 6.58. The molecule has 0 saturated carbocycles. The standard InChI is InChI=1S/C11H17BN2O4/c1-11(2,3)18-10(15)14(4)9-6-5-8(7-13-9)12(16)17/h5-7,16-17H,1-4H3. The van der Waals surface area contributed by atoms with Gasteiger partial charge >= 0.3 is 13.2 Å². The zero-order valence-electron chi connectivity index (χ0n) is 10.9. The fourth-order valence-corrected chi connectivity index (χ4v) is 1.17. The summed E-state index contributed by atoms with van der Waals surface area (Å²) in [6.07, 6.45) is 0.772. The average Bonchev–Trinajstić information content (AvgIpc) is 2.26. The third-order valence-corrected chi connectivity index (χ3v) is 2.08. The minimum atomic E-state index is -1.57. The van der Waals surface area contributed by atoms with E-state index in [0.29, 0.717) is 5.82 Å². The maximum Gasteiger partial charge on any atom is 0.490 e. The molecule has 0 radical (unpaired) electrons. The molecule has 0 fully saturated rings. The lowest BCUT2D eigenvalue weighted by atomic mass is 9.82. The molecule has 2 N–H and O–H groups in total. The van der Waals surface area contributed by atoms with Crippen molar-refractivity contribution in [3.8, 4) is 0 Å². The van der Waals surface area contributed by atoms with Gasteiger partial charge in [-0.2, -0.15) is 0 Å². The predicted octanol–water partition coefficient (Wildman–Crippen LogP) is 0.133. The van der Waals surface area contributed by atoms with E-state index in [-0.39, 0.29) is 5.46 Å². The lowest BCUT2D eigenvalue weighted by Crippen LogP contribution is -2.35. The van der Waals surface area contributed by atoms with Crippen molar-refractivity contribution in [2.45, 2.75) is 26.4 Å². The summed E-state index contributed by atoms with van der Waals surface area (Å²) >= 11 is 0. The number of rotatable bonds is 2. The predicted molar refractivity (Wildman–Crippen MR) is 68.7 cm³/mol. The van der Waals surface area contributed by atoms with Crippen molar-refractivity contribution >= 4 is 24.5 Å². The van der Waals surface area contributed by atoms with Crippen LogP contribution in [0, 0.1) is 0 Å². The molecule has 1 amide bonds. The fraction of sp³-hybridized carbons (Fsp3) is 0.455. The first-order valence-electron chi connectivity index (χ1n) is 5.49. The number of nitrogens with zero attached hydrogens (tertiary/aromatic N) is 2. The summed E-state index contributed by atoms with van der Waals surface area (Å²) in [6.45, 7) is 5.33. The van der Waals surface area contributed by atoms with Gasteiger partial charge in [0.1, 0.15) is 11.4 Å². The normalized spacial score (nSPS) is 11.0. The first-order valence-corrected chi connectivity index (χ1v) is 5.49. The molecule has 1 aromatic rings. The molecule has 1 heterocycles. The van der Waals surface area contributed by atoms with Crippen LogP contribution in [0.1, 0.15) is 20.8 Å². The van der Waals surface area contributed by atoms with Gasteiger partial charge in [-0.15, -0.1) is 0 Å². The van der Waals surface area contributed by atoms with Crippen molar-refractivity contribution in [2.75, 3.05) is 11.9 Å². The fourth-order valence-electron chi connectivity index (χ4n) is 1.17. The molecule has 1 rings (SSSR count). The van der Waals surface area contributed by atoms with Gasteiger partial charge in [0.2, 0.25) is 0 Å². The minimum Gasteiger partial charge on any atom is -0.443 e. The summed E-state index contributed by atoms with van der Waals surface area (Å²) in [6, 6.07) is 2.99. The van der Waals surface area contributed by atoms with Crippen molar-refractivity contribution in [3.05, 3.63) is 18.3 Å². The number of carbonyl (C=O) groups is 1. The Labute approximate surface area is 106 Å². The molecule has 0 aromatic carbocycles. The number of pyridine rings is 1. The second kappa shape index (κ2) is 5.37. The SMILES string of the molecule is CN(C(=O)OC(C)(C)C)c1ccc(B(O)O)cn1. The Kier molecular flexibility index (Phi) is 4.31. The smallest absolute Gasteiger partial charge is 0.443 e. The van der Waals surface area contributed by atoms with Crippen LogP contribution in [0.5, 0.6) is 0 Å². The van der Waals surface area contributed by atoms with Crippen molar-refractivity contribution in [2.24, 2.45) is 0 Å². The number of carbonyl (C=O) groups excluding carboxylic acids is 1. The van der Waals surface area contributed by atoms with Crippen molar-refractivity contribution in [1.82, 2.24) is 4.98 Å². The van der Waals surface area contributed by atoms with Gasteiger partial charge < -0.3 is 14.8 Å². The minimum absolute atomic E-state index is 0.260. The lowest BCUT2D eigenvalue weighted by Gasteiger charge is -2.24. The number of ether oxygens (including phenoxy) is 1. The largest absolute Gasteiger partial charge is 0.490 e. The molecule has 6 nitrogen and oxygen atoms in total. The van der Waals surface area contributed by atoms with Crippen LogP contribution < -0.4 is 10.4 Å². The maximum atomic E-state index is 11.7. The zero-order valence-corrected chi connectivity index (χ0v) is 10.9. The van der Waals surface area contributed by atoms with Crippen LogP contribution in [0.3, 0.4) is 0 Å². The highest BCUT2D eigenvalue weighted by Crippen LogP contribution is 2.13. The van der Waals surface area contributed by atoms with Crippen LogP contribution in [0.2, 0.25) is 0 Å². The highest BCUT2D eigenvalue weighted by Gasteiger charge is 2.21. The topological polar surface area (TPSA) is 82.9 Å². The first-order chi connectivity index (χ1) is 8.20. The number of hydrogen-bond donors (Lipinski definition) is 2. The molecule has 0 aliphatic heterocycles. The summed E-state index contributed by atoms with van der Waals surface area (Å²) in [4.78, 5) is 16.9. The van der Waals surface area contributed by atoms with Crippen LogP contribution in [0.25, 0.3) is 0 Å². The van der Waals surface area contributed by atoms with Gasteiger partial charge in [-0.05, 0) is 26.8 Å². The molecule has 0 spiro atoms. The van der Waals surface area contributed by atoms with Gasteiger partial charge in [-0.1, -0.05) is 6.07 Å². The molecule has 18 heavy (non-hydrogen) atoms. The van der Waals surface area contributed by atoms with Gasteiger partial charge in [0.05, 0.1) is 0 Å². The quantitative estimate of drug-likeness (QED) is 0.731. The second-order valence-electron chi connectivity index (χ2n) is 4.86. The number of amides is 1. The molecule has 0 unspecified atom stereocenters. The van der Waals surface area contributed by atoms with Crippen LogP contribution in [-0.2, 0) is 4.74 Å². The summed E-state index contributed by atoms with van der Waals surface area (Å²) in [5.74, 6) is 0.369. The number of anilines is 1. The summed E-state index contributed by atoms with van der Waals surface area (Å²) in [5.41, 5.74) is -0.316. The molecule has 0 saturated heterocycles. The van der Waals surface area contributed by atoms with Gasteiger partial charge in [0, 0.05) is 18.7 Å². The van der Waals surface area contributed by atoms with E-state index in [2.05, 4.69) is 4.98 Å². The van der Waals surface area contributed by atoms with Crippen LogP contribution in [0.4, 0.5) is 10.6 Å². The number of aromatic nitrogens is 1. The average molecular weight is 252 g/mol. The monoisotopic (exact) mass is 252 g/mol. The summed E-state index contributed by atoms with van der Waals surface area (Å²) in [5, 5.41) is 17.9. The Hall–Kier alpha value is -1.60. The lowest BCUT2D eigenvalue weighted by molar-refractivity contribution is 0.0588. The van der Waals surface area contributed by atoms with E-state index in [9.17, 15) is 4.79 Å². The van der Waals surface area contributed by atoms with E-state index in [1.54, 1.807) is 20.8 Å². The van der Waals surface area contributed by atoms with Crippen LogP contribution in [0.15, 0.2) is 18.3 Å².